The molecule has 7 heteroatoms. The molecule has 19 heavy (non-hydrogen) atoms. The third kappa shape index (κ3) is 3.28. The largest absolute Gasteiger partial charge is 0.495 e. The number of hydrogen-bond acceptors (Lipinski definition) is 3. The molecule has 2 rings (SSSR count). The van der Waals surface area contributed by atoms with Gasteiger partial charge >= 0.3 is 0 Å². The highest BCUT2D eigenvalue weighted by atomic mass is 35.5. The van der Waals surface area contributed by atoms with Gasteiger partial charge in [0.25, 0.3) is 0 Å². The van der Waals surface area contributed by atoms with E-state index < -0.39 is 10.0 Å². The summed E-state index contributed by atoms with van der Waals surface area (Å²) in [6.07, 6.45) is 3.45. The van der Waals surface area contributed by atoms with E-state index in [9.17, 15) is 8.42 Å². The van der Waals surface area contributed by atoms with Crippen LogP contribution >= 0.6 is 11.6 Å². The number of rotatable bonds is 5. The van der Waals surface area contributed by atoms with Crippen molar-refractivity contribution in [2.75, 3.05) is 7.11 Å². The molecule has 0 aliphatic heterocycles. The number of sulfonamides is 1. The lowest BCUT2D eigenvalue weighted by molar-refractivity contribution is 0.402. The highest BCUT2D eigenvalue weighted by Crippen LogP contribution is 2.27. The van der Waals surface area contributed by atoms with Crippen LogP contribution in [0.25, 0.3) is 0 Å². The van der Waals surface area contributed by atoms with Gasteiger partial charge in [-0.1, -0.05) is 11.6 Å². The number of halogens is 1. The second-order valence-electron chi connectivity index (χ2n) is 3.84. The first kappa shape index (κ1) is 13.9. The van der Waals surface area contributed by atoms with E-state index in [1.807, 2.05) is 0 Å². The minimum atomic E-state index is -3.64. The number of hydrogen-bond donors (Lipinski definition) is 2. The molecule has 1 heterocycles. The van der Waals surface area contributed by atoms with Gasteiger partial charge in [0.15, 0.2) is 0 Å². The molecule has 0 atom stereocenters. The zero-order chi connectivity index (χ0) is 13.9. The van der Waals surface area contributed by atoms with Gasteiger partial charge in [0, 0.05) is 30.0 Å². The molecule has 0 fully saturated rings. The van der Waals surface area contributed by atoms with Crippen LogP contribution in [-0.2, 0) is 16.6 Å². The highest BCUT2D eigenvalue weighted by Gasteiger charge is 2.19. The molecule has 0 saturated carbocycles. The predicted octanol–water partition coefficient (Wildman–Crippen LogP) is 2.16. The molecule has 0 unspecified atom stereocenters. The van der Waals surface area contributed by atoms with Crippen molar-refractivity contribution in [2.45, 2.75) is 11.4 Å². The molecular formula is C12H13ClN2O3S. The van der Waals surface area contributed by atoms with Gasteiger partial charge in [-0.15, -0.1) is 0 Å². The molecule has 0 saturated heterocycles. The number of aromatic amines is 1. The summed E-state index contributed by atoms with van der Waals surface area (Å²) in [6, 6.07) is 6.18. The second kappa shape index (κ2) is 5.64. The van der Waals surface area contributed by atoms with Crippen LogP contribution in [0.1, 0.15) is 5.56 Å². The average molecular weight is 301 g/mol. The van der Waals surface area contributed by atoms with Crippen LogP contribution in [0.4, 0.5) is 0 Å². The van der Waals surface area contributed by atoms with Gasteiger partial charge in [-0.3, -0.25) is 0 Å². The van der Waals surface area contributed by atoms with E-state index in [-0.39, 0.29) is 17.2 Å². The Morgan fingerprint density at radius 1 is 1.37 bits per heavy atom. The van der Waals surface area contributed by atoms with Crippen LogP contribution in [0.3, 0.4) is 0 Å². The summed E-state index contributed by atoms with van der Waals surface area (Å²) in [4.78, 5) is 2.92. The zero-order valence-corrected chi connectivity index (χ0v) is 11.8. The summed E-state index contributed by atoms with van der Waals surface area (Å²) in [7, 11) is -2.24. The molecule has 2 aromatic rings. The number of aromatic nitrogens is 1. The summed E-state index contributed by atoms with van der Waals surface area (Å²) < 4.78 is 31.9. The van der Waals surface area contributed by atoms with Gasteiger partial charge in [0.2, 0.25) is 10.0 Å². The Balaban J connectivity index is 2.24. The molecule has 2 N–H and O–H groups in total. The Bertz CT molecular complexity index is 654. The molecule has 0 spiro atoms. The van der Waals surface area contributed by atoms with Gasteiger partial charge in [0.1, 0.15) is 10.6 Å². The van der Waals surface area contributed by atoms with Crippen molar-refractivity contribution < 1.29 is 13.2 Å². The van der Waals surface area contributed by atoms with Crippen molar-refractivity contribution in [1.29, 1.82) is 0 Å². The van der Waals surface area contributed by atoms with Crippen LogP contribution in [0, 0.1) is 0 Å². The van der Waals surface area contributed by atoms with E-state index >= 15 is 0 Å². The first-order chi connectivity index (χ1) is 9.03. The summed E-state index contributed by atoms with van der Waals surface area (Å²) in [5.74, 6) is 0.217. The fourth-order valence-corrected chi connectivity index (χ4v) is 2.92. The maximum absolute atomic E-state index is 12.2. The maximum atomic E-state index is 12.2. The van der Waals surface area contributed by atoms with Crippen LogP contribution < -0.4 is 9.46 Å². The lowest BCUT2D eigenvalue weighted by Crippen LogP contribution is -2.23. The van der Waals surface area contributed by atoms with Crippen molar-refractivity contribution in [1.82, 2.24) is 9.71 Å². The minimum Gasteiger partial charge on any atom is -0.495 e. The molecule has 0 bridgehead atoms. The number of H-pyrrole nitrogens is 1. The Hall–Kier alpha value is -1.50. The molecular weight excluding hydrogens is 288 g/mol. The zero-order valence-electron chi connectivity index (χ0n) is 10.2. The van der Waals surface area contributed by atoms with Crippen LogP contribution in [0.15, 0.2) is 41.6 Å². The third-order valence-electron chi connectivity index (χ3n) is 2.54. The predicted molar refractivity (Wildman–Crippen MR) is 72.8 cm³/mol. The van der Waals surface area contributed by atoms with Crippen LogP contribution in [0.2, 0.25) is 5.02 Å². The molecule has 1 aromatic heterocycles. The Kier molecular flexibility index (Phi) is 4.14. The normalized spacial score (nSPS) is 11.5. The fourth-order valence-electron chi connectivity index (χ4n) is 1.59. The van der Waals surface area contributed by atoms with E-state index in [4.69, 9.17) is 16.3 Å². The minimum absolute atomic E-state index is 0.0648. The van der Waals surface area contributed by atoms with Gasteiger partial charge in [-0.25, -0.2) is 13.1 Å². The number of benzene rings is 1. The van der Waals surface area contributed by atoms with Gasteiger partial charge < -0.3 is 9.72 Å². The van der Waals surface area contributed by atoms with Gasteiger partial charge in [-0.05, 0) is 23.8 Å². The number of methoxy groups -OCH3 is 1. The summed E-state index contributed by atoms with van der Waals surface area (Å²) in [5, 5.41) is 0.418. The third-order valence-corrected chi connectivity index (χ3v) is 4.22. The summed E-state index contributed by atoms with van der Waals surface area (Å²) >= 11 is 5.80. The number of nitrogens with one attached hydrogen (secondary N) is 2. The molecule has 0 amide bonds. The van der Waals surface area contributed by atoms with E-state index in [0.29, 0.717) is 5.02 Å². The first-order valence-electron chi connectivity index (χ1n) is 5.48. The van der Waals surface area contributed by atoms with Crippen molar-refractivity contribution in [3.63, 3.8) is 0 Å². The molecule has 0 aliphatic carbocycles. The smallest absolute Gasteiger partial charge is 0.244 e. The molecule has 5 nitrogen and oxygen atoms in total. The Labute approximate surface area is 116 Å². The first-order valence-corrected chi connectivity index (χ1v) is 7.34. The standard InChI is InChI=1S/C12H13ClN2O3S/c1-18-11-6-10(13)2-3-12(11)19(16,17)15-8-9-4-5-14-7-9/h2-7,14-15H,8H2,1H3. The van der Waals surface area contributed by atoms with Crippen molar-refractivity contribution >= 4 is 21.6 Å². The quantitative estimate of drug-likeness (QED) is 0.889. The second-order valence-corrected chi connectivity index (χ2v) is 6.01. The monoisotopic (exact) mass is 300 g/mol. The van der Waals surface area contributed by atoms with Gasteiger partial charge in [0.05, 0.1) is 7.11 Å². The van der Waals surface area contributed by atoms with E-state index in [1.54, 1.807) is 18.5 Å². The summed E-state index contributed by atoms with van der Waals surface area (Å²) in [6.45, 7) is 0.206. The van der Waals surface area contributed by atoms with Gasteiger partial charge in [-0.2, -0.15) is 0 Å². The lowest BCUT2D eigenvalue weighted by atomic mass is 10.3. The Morgan fingerprint density at radius 2 is 2.16 bits per heavy atom. The van der Waals surface area contributed by atoms with Crippen molar-refractivity contribution in [3.05, 3.63) is 47.2 Å². The summed E-state index contributed by atoms with van der Waals surface area (Å²) in [5.41, 5.74) is 0.844. The van der Waals surface area contributed by atoms with E-state index in [1.165, 1.54) is 25.3 Å². The molecule has 1 aromatic carbocycles. The average Bonchev–Trinajstić information content (AvgIpc) is 2.89. The van der Waals surface area contributed by atoms with Crippen molar-refractivity contribution in [3.8, 4) is 5.75 Å². The SMILES string of the molecule is COc1cc(Cl)ccc1S(=O)(=O)NCc1cc[nH]c1. The van der Waals surface area contributed by atoms with E-state index in [0.717, 1.165) is 5.56 Å². The lowest BCUT2D eigenvalue weighted by Gasteiger charge is -2.10. The maximum Gasteiger partial charge on any atom is 0.244 e. The topological polar surface area (TPSA) is 71.2 Å². The highest BCUT2D eigenvalue weighted by molar-refractivity contribution is 7.89. The van der Waals surface area contributed by atoms with Crippen molar-refractivity contribution in [2.24, 2.45) is 0 Å². The van der Waals surface area contributed by atoms with Crippen LogP contribution in [0.5, 0.6) is 5.75 Å². The molecule has 0 aliphatic rings. The number of ether oxygens (including phenoxy) is 1. The molecule has 102 valence electrons. The Morgan fingerprint density at radius 3 is 2.79 bits per heavy atom. The fraction of sp³-hybridized carbons (Fsp3) is 0.167. The molecule has 0 radical (unpaired) electrons. The van der Waals surface area contributed by atoms with Crippen LogP contribution in [-0.4, -0.2) is 20.5 Å². The van der Waals surface area contributed by atoms with E-state index in [2.05, 4.69) is 9.71 Å².